The van der Waals surface area contributed by atoms with Gasteiger partial charge < -0.3 is 14.8 Å². The van der Waals surface area contributed by atoms with E-state index in [1.165, 1.54) is 27.8 Å². The standard InChI is InChI=1S/C24H29NO2/c1-14-13-24(3,4)25-19-10-9-18-22-16(7-6-8-20(22)27-5)12-17(11-15(2)26)23(18)21(14)19/h6-10,13,17,19,21,25H,11-12H2,1-5H3. The van der Waals surface area contributed by atoms with Crippen LogP contribution in [0.3, 0.4) is 0 Å². The first-order valence-electron chi connectivity index (χ1n) is 9.85. The van der Waals surface area contributed by atoms with Gasteiger partial charge in [-0.25, -0.2) is 0 Å². The van der Waals surface area contributed by atoms with Crippen LogP contribution in [-0.2, 0) is 11.2 Å². The van der Waals surface area contributed by atoms with Gasteiger partial charge in [-0.05, 0) is 62.8 Å². The van der Waals surface area contributed by atoms with Gasteiger partial charge >= 0.3 is 0 Å². The molecule has 0 radical (unpaired) electrons. The van der Waals surface area contributed by atoms with Gasteiger partial charge in [0.2, 0.25) is 0 Å². The molecule has 3 aliphatic rings. The van der Waals surface area contributed by atoms with Crippen LogP contribution in [0.2, 0.25) is 0 Å². The molecule has 4 rings (SSSR count). The zero-order valence-electron chi connectivity index (χ0n) is 16.9. The lowest BCUT2D eigenvalue weighted by Crippen LogP contribution is -2.53. The van der Waals surface area contributed by atoms with Crippen molar-refractivity contribution in [2.45, 2.75) is 52.1 Å². The Morgan fingerprint density at radius 3 is 2.81 bits per heavy atom. The number of ketones is 1. The smallest absolute Gasteiger partial charge is 0.130 e. The summed E-state index contributed by atoms with van der Waals surface area (Å²) in [6.45, 7) is 8.39. The molecule has 0 bridgehead atoms. The van der Waals surface area contributed by atoms with Crippen LogP contribution in [0.5, 0.6) is 5.75 Å². The Labute approximate surface area is 162 Å². The average Bonchev–Trinajstić information content (AvgIpc) is 2.59. The van der Waals surface area contributed by atoms with Gasteiger partial charge in [0.05, 0.1) is 7.11 Å². The van der Waals surface area contributed by atoms with Crippen LogP contribution >= 0.6 is 0 Å². The number of allylic oxidation sites excluding steroid dienone is 2. The second-order valence-corrected chi connectivity index (χ2v) is 8.79. The second-order valence-electron chi connectivity index (χ2n) is 8.79. The minimum atomic E-state index is -0.0199. The van der Waals surface area contributed by atoms with Crippen LogP contribution in [0.25, 0.3) is 5.57 Å². The Morgan fingerprint density at radius 2 is 2.11 bits per heavy atom. The zero-order chi connectivity index (χ0) is 19.3. The molecular weight excluding hydrogens is 334 g/mol. The van der Waals surface area contributed by atoms with Crippen molar-refractivity contribution in [3.8, 4) is 5.75 Å². The van der Waals surface area contributed by atoms with Crippen molar-refractivity contribution in [2.24, 2.45) is 11.8 Å². The minimum absolute atomic E-state index is 0.0199. The van der Waals surface area contributed by atoms with Crippen LogP contribution in [0.15, 0.2) is 47.6 Å². The third-order valence-corrected chi connectivity index (χ3v) is 6.13. The number of nitrogens with one attached hydrogen (secondary N) is 1. The monoisotopic (exact) mass is 363 g/mol. The summed E-state index contributed by atoms with van der Waals surface area (Å²) in [5.74, 6) is 1.74. The molecule has 0 fully saturated rings. The molecule has 3 heteroatoms. The molecule has 27 heavy (non-hydrogen) atoms. The highest BCUT2D eigenvalue weighted by atomic mass is 16.5. The first-order chi connectivity index (χ1) is 12.8. The Balaban J connectivity index is 1.93. The summed E-state index contributed by atoms with van der Waals surface area (Å²) < 4.78 is 5.71. The molecule has 3 unspecified atom stereocenters. The van der Waals surface area contributed by atoms with E-state index in [1.807, 2.05) is 6.07 Å². The highest BCUT2D eigenvalue weighted by molar-refractivity contribution is 5.87. The minimum Gasteiger partial charge on any atom is -0.496 e. The fourth-order valence-electron chi connectivity index (χ4n) is 5.39. The molecule has 1 aliphatic heterocycles. The number of rotatable bonds is 3. The average molecular weight is 364 g/mol. The van der Waals surface area contributed by atoms with Crippen molar-refractivity contribution in [3.63, 3.8) is 0 Å². The molecule has 1 heterocycles. The van der Waals surface area contributed by atoms with E-state index in [1.54, 1.807) is 14.0 Å². The number of fused-ring (bicyclic) bond motifs is 4. The van der Waals surface area contributed by atoms with E-state index in [-0.39, 0.29) is 23.3 Å². The molecule has 1 aromatic carbocycles. The summed E-state index contributed by atoms with van der Waals surface area (Å²) >= 11 is 0. The van der Waals surface area contributed by atoms with Gasteiger partial charge in [0, 0.05) is 29.5 Å². The Hall–Kier alpha value is -2.13. The summed E-state index contributed by atoms with van der Waals surface area (Å²) in [6, 6.07) is 6.55. The van der Waals surface area contributed by atoms with Crippen LogP contribution in [0, 0.1) is 11.8 Å². The third-order valence-electron chi connectivity index (χ3n) is 6.13. The molecule has 1 aromatic rings. The highest BCUT2D eigenvalue weighted by Crippen LogP contribution is 2.50. The van der Waals surface area contributed by atoms with Crippen molar-refractivity contribution in [1.82, 2.24) is 5.32 Å². The normalized spacial score (nSPS) is 28.0. The fourth-order valence-corrected chi connectivity index (χ4v) is 5.39. The maximum Gasteiger partial charge on any atom is 0.130 e. The molecule has 0 spiro atoms. The molecular formula is C24H29NO2. The summed E-state index contributed by atoms with van der Waals surface area (Å²) in [5, 5.41) is 3.77. The molecule has 3 atom stereocenters. The molecule has 0 amide bonds. The van der Waals surface area contributed by atoms with Crippen molar-refractivity contribution in [2.75, 3.05) is 7.11 Å². The van der Waals surface area contributed by atoms with E-state index >= 15 is 0 Å². The number of carbonyl (C=O) groups is 1. The van der Waals surface area contributed by atoms with Crippen LogP contribution in [-0.4, -0.2) is 24.5 Å². The number of methoxy groups -OCH3 is 1. The lowest BCUT2D eigenvalue weighted by molar-refractivity contribution is -0.117. The molecule has 1 N–H and O–H groups in total. The fraction of sp³-hybridized carbons (Fsp3) is 0.458. The van der Waals surface area contributed by atoms with Gasteiger partial charge in [-0.2, -0.15) is 0 Å². The Kier molecular flexibility index (Phi) is 4.38. The number of hydrogen-bond acceptors (Lipinski definition) is 3. The van der Waals surface area contributed by atoms with E-state index in [2.05, 4.69) is 56.4 Å². The van der Waals surface area contributed by atoms with Crippen LogP contribution in [0.1, 0.15) is 45.2 Å². The quantitative estimate of drug-likeness (QED) is 0.805. The van der Waals surface area contributed by atoms with E-state index < -0.39 is 0 Å². The lowest BCUT2D eigenvalue weighted by Gasteiger charge is -2.46. The second kappa shape index (κ2) is 6.49. The summed E-state index contributed by atoms with van der Waals surface area (Å²) in [7, 11) is 1.74. The van der Waals surface area contributed by atoms with Crippen molar-refractivity contribution >= 4 is 11.4 Å². The predicted octanol–water partition coefficient (Wildman–Crippen LogP) is 4.48. The number of benzene rings is 1. The molecule has 2 aliphatic carbocycles. The summed E-state index contributed by atoms with van der Waals surface area (Å²) in [5.41, 5.74) is 6.54. The van der Waals surface area contributed by atoms with E-state index in [4.69, 9.17) is 4.74 Å². The molecule has 0 saturated heterocycles. The zero-order valence-corrected chi connectivity index (χ0v) is 16.9. The molecule has 0 aromatic heterocycles. The topological polar surface area (TPSA) is 38.3 Å². The van der Waals surface area contributed by atoms with Gasteiger partial charge in [-0.15, -0.1) is 0 Å². The third kappa shape index (κ3) is 3.08. The number of Topliss-reactive ketones (excluding diaryl/α,β-unsaturated/α-hetero) is 1. The Morgan fingerprint density at radius 1 is 1.33 bits per heavy atom. The van der Waals surface area contributed by atoms with Crippen molar-refractivity contribution in [3.05, 3.63) is 58.7 Å². The summed E-state index contributed by atoms with van der Waals surface area (Å²) in [4.78, 5) is 12.1. The molecule has 142 valence electrons. The number of hydrogen-bond donors (Lipinski definition) is 1. The van der Waals surface area contributed by atoms with E-state index in [0.717, 1.165) is 12.2 Å². The largest absolute Gasteiger partial charge is 0.496 e. The first-order valence-corrected chi connectivity index (χ1v) is 9.85. The van der Waals surface area contributed by atoms with Crippen molar-refractivity contribution < 1.29 is 9.53 Å². The predicted molar refractivity (Wildman–Crippen MR) is 110 cm³/mol. The van der Waals surface area contributed by atoms with Gasteiger partial charge in [-0.3, -0.25) is 0 Å². The molecule has 3 nitrogen and oxygen atoms in total. The van der Waals surface area contributed by atoms with Crippen LogP contribution < -0.4 is 10.1 Å². The first kappa shape index (κ1) is 18.2. The maximum atomic E-state index is 12.1. The van der Waals surface area contributed by atoms with E-state index in [0.29, 0.717) is 12.3 Å². The van der Waals surface area contributed by atoms with Crippen LogP contribution in [0.4, 0.5) is 0 Å². The van der Waals surface area contributed by atoms with Gasteiger partial charge in [-0.1, -0.05) is 35.9 Å². The SMILES string of the molecule is COc1cccc2c1C1=C(C(CC(C)=O)C2)C2C(C)=CC(C)(C)NC2C=C1. The molecule has 0 saturated carbocycles. The van der Waals surface area contributed by atoms with Crippen molar-refractivity contribution in [1.29, 1.82) is 0 Å². The maximum absolute atomic E-state index is 12.1. The lowest BCUT2D eigenvalue weighted by atomic mass is 9.64. The van der Waals surface area contributed by atoms with Gasteiger partial charge in [0.1, 0.15) is 11.5 Å². The van der Waals surface area contributed by atoms with Gasteiger partial charge in [0.15, 0.2) is 0 Å². The Bertz CT molecular complexity index is 888. The number of ether oxygens (including phenoxy) is 1. The highest BCUT2D eigenvalue weighted by Gasteiger charge is 2.42. The van der Waals surface area contributed by atoms with E-state index in [9.17, 15) is 4.79 Å². The van der Waals surface area contributed by atoms with Gasteiger partial charge in [0.25, 0.3) is 0 Å². The number of carbonyl (C=O) groups excluding carboxylic acids is 1. The summed E-state index contributed by atoms with van der Waals surface area (Å²) in [6.07, 6.45) is 8.41.